The molecule has 1 amide bonds. The number of hydrogen-bond donors (Lipinski definition) is 0. The third-order valence-electron chi connectivity index (χ3n) is 5.58. The molecule has 0 aromatic heterocycles. The minimum Gasteiger partial charge on any atom is -0.377 e. The highest BCUT2D eigenvalue weighted by Crippen LogP contribution is 2.26. The van der Waals surface area contributed by atoms with Gasteiger partial charge < -0.3 is 9.64 Å². The molecule has 4 heteroatoms. The Morgan fingerprint density at radius 3 is 2.62 bits per heavy atom. The number of likely N-dealkylation sites (tertiary alicyclic amines) is 1. The lowest BCUT2D eigenvalue weighted by Gasteiger charge is -2.35. The van der Waals surface area contributed by atoms with Crippen molar-refractivity contribution in [2.24, 2.45) is 0 Å². The molecule has 1 unspecified atom stereocenters. The number of ether oxygens (including phenoxy) is 1. The standard InChI is InChI=1S/C17H30N2O2/c1-18(14-7-3-2-4-8-14)17(20)16-10-5-11-19(16)13-15-9-6-12-21-15/h14-16H,2-13H2,1H3/t15?,16-/m1/s1. The molecule has 3 aliphatic rings. The molecule has 2 saturated heterocycles. The molecule has 0 N–H and O–H groups in total. The highest BCUT2D eigenvalue weighted by atomic mass is 16.5. The summed E-state index contributed by atoms with van der Waals surface area (Å²) in [5, 5.41) is 0. The number of hydrogen-bond acceptors (Lipinski definition) is 3. The first kappa shape index (κ1) is 15.3. The van der Waals surface area contributed by atoms with Crippen LogP contribution in [0.1, 0.15) is 57.8 Å². The van der Waals surface area contributed by atoms with Crippen LogP contribution in [0.2, 0.25) is 0 Å². The van der Waals surface area contributed by atoms with E-state index in [0.717, 1.165) is 39.0 Å². The number of carbonyl (C=O) groups is 1. The van der Waals surface area contributed by atoms with Gasteiger partial charge in [-0.25, -0.2) is 0 Å². The van der Waals surface area contributed by atoms with E-state index >= 15 is 0 Å². The Bertz CT molecular complexity index is 349. The number of likely N-dealkylation sites (N-methyl/N-ethyl adjacent to an activating group) is 1. The van der Waals surface area contributed by atoms with E-state index in [1.807, 2.05) is 7.05 Å². The maximum Gasteiger partial charge on any atom is 0.239 e. The predicted octanol–water partition coefficient (Wildman–Crippen LogP) is 2.42. The van der Waals surface area contributed by atoms with Crippen LogP contribution in [0.5, 0.6) is 0 Å². The summed E-state index contributed by atoms with van der Waals surface area (Å²) in [4.78, 5) is 17.3. The summed E-state index contributed by atoms with van der Waals surface area (Å²) in [6.07, 6.45) is 11.2. The molecule has 2 heterocycles. The van der Waals surface area contributed by atoms with Crippen LogP contribution >= 0.6 is 0 Å². The van der Waals surface area contributed by atoms with Crippen molar-refractivity contribution in [1.82, 2.24) is 9.80 Å². The van der Waals surface area contributed by atoms with E-state index < -0.39 is 0 Å². The lowest BCUT2D eigenvalue weighted by Crippen LogP contribution is -2.49. The van der Waals surface area contributed by atoms with Gasteiger partial charge in [0.15, 0.2) is 0 Å². The summed E-state index contributed by atoms with van der Waals surface area (Å²) in [7, 11) is 2.03. The van der Waals surface area contributed by atoms with Crippen molar-refractivity contribution in [2.45, 2.75) is 76.0 Å². The Balaban J connectivity index is 1.56. The number of nitrogens with zero attached hydrogens (tertiary/aromatic N) is 2. The van der Waals surface area contributed by atoms with Crippen molar-refractivity contribution < 1.29 is 9.53 Å². The van der Waals surface area contributed by atoms with E-state index in [1.54, 1.807) is 0 Å². The highest BCUT2D eigenvalue weighted by Gasteiger charge is 2.36. The molecular weight excluding hydrogens is 264 g/mol. The Kier molecular flexibility index (Phi) is 5.17. The second-order valence-corrected chi connectivity index (χ2v) is 7.03. The molecule has 21 heavy (non-hydrogen) atoms. The monoisotopic (exact) mass is 294 g/mol. The lowest BCUT2D eigenvalue weighted by molar-refractivity contribution is -0.137. The minimum atomic E-state index is 0.112. The van der Waals surface area contributed by atoms with Crippen LogP contribution in [0.25, 0.3) is 0 Å². The summed E-state index contributed by atoms with van der Waals surface area (Å²) in [5.41, 5.74) is 0. The first-order chi connectivity index (χ1) is 10.3. The van der Waals surface area contributed by atoms with Gasteiger partial charge in [-0.2, -0.15) is 0 Å². The van der Waals surface area contributed by atoms with Gasteiger partial charge in [-0.3, -0.25) is 9.69 Å². The summed E-state index contributed by atoms with van der Waals surface area (Å²) >= 11 is 0. The minimum absolute atomic E-state index is 0.112. The zero-order valence-electron chi connectivity index (χ0n) is 13.4. The van der Waals surface area contributed by atoms with E-state index in [2.05, 4.69) is 9.80 Å². The fourth-order valence-corrected chi connectivity index (χ4v) is 4.26. The molecule has 4 nitrogen and oxygen atoms in total. The zero-order valence-corrected chi connectivity index (χ0v) is 13.4. The zero-order chi connectivity index (χ0) is 14.7. The molecule has 2 aliphatic heterocycles. The van der Waals surface area contributed by atoms with Gasteiger partial charge >= 0.3 is 0 Å². The molecule has 0 spiro atoms. The maximum absolute atomic E-state index is 12.9. The van der Waals surface area contributed by atoms with Gasteiger partial charge in [0, 0.05) is 26.2 Å². The fraction of sp³-hybridized carbons (Fsp3) is 0.941. The van der Waals surface area contributed by atoms with E-state index in [0.29, 0.717) is 18.1 Å². The van der Waals surface area contributed by atoms with E-state index in [-0.39, 0.29) is 6.04 Å². The Morgan fingerprint density at radius 2 is 1.90 bits per heavy atom. The van der Waals surface area contributed by atoms with Gasteiger partial charge in [-0.1, -0.05) is 19.3 Å². The molecule has 120 valence electrons. The van der Waals surface area contributed by atoms with Crippen molar-refractivity contribution in [1.29, 1.82) is 0 Å². The second-order valence-electron chi connectivity index (χ2n) is 7.03. The Labute approximate surface area is 128 Å². The normalized spacial score (nSPS) is 31.7. The number of carbonyl (C=O) groups excluding carboxylic acids is 1. The summed E-state index contributed by atoms with van der Waals surface area (Å²) in [5.74, 6) is 0.359. The van der Waals surface area contributed by atoms with Crippen LogP contribution in [0, 0.1) is 0 Å². The largest absolute Gasteiger partial charge is 0.377 e. The smallest absolute Gasteiger partial charge is 0.239 e. The van der Waals surface area contributed by atoms with Crippen LogP contribution < -0.4 is 0 Å². The second kappa shape index (κ2) is 7.10. The van der Waals surface area contributed by atoms with Crippen LogP contribution in [0.4, 0.5) is 0 Å². The van der Waals surface area contributed by atoms with Crippen molar-refractivity contribution in [2.75, 3.05) is 26.7 Å². The predicted molar refractivity (Wildman–Crippen MR) is 83.2 cm³/mol. The van der Waals surface area contributed by atoms with Crippen LogP contribution in [0.15, 0.2) is 0 Å². The molecule has 1 saturated carbocycles. The van der Waals surface area contributed by atoms with Gasteiger partial charge in [0.25, 0.3) is 0 Å². The molecular formula is C17H30N2O2. The van der Waals surface area contributed by atoms with Crippen LogP contribution in [0.3, 0.4) is 0 Å². The maximum atomic E-state index is 12.9. The molecule has 1 aliphatic carbocycles. The van der Waals surface area contributed by atoms with Crippen molar-refractivity contribution in [3.8, 4) is 0 Å². The van der Waals surface area contributed by atoms with E-state index in [1.165, 1.54) is 38.5 Å². The lowest BCUT2D eigenvalue weighted by atomic mass is 9.94. The van der Waals surface area contributed by atoms with Gasteiger partial charge in [-0.15, -0.1) is 0 Å². The van der Waals surface area contributed by atoms with E-state index in [9.17, 15) is 4.79 Å². The summed E-state index contributed by atoms with van der Waals surface area (Å²) in [6, 6.07) is 0.595. The average Bonchev–Trinajstić information content (AvgIpc) is 3.19. The molecule has 0 radical (unpaired) electrons. The summed E-state index contributed by atoms with van der Waals surface area (Å²) < 4.78 is 5.75. The molecule has 0 aromatic carbocycles. The summed E-state index contributed by atoms with van der Waals surface area (Å²) in [6.45, 7) is 2.92. The topological polar surface area (TPSA) is 32.8 Å². The van der Waals surface area contributed by atoms with Crippen molar-refractivity contribution in [3.63, 3.8) is 0 Å². The number of amides is 1. The third-order valence-corrected chi connectivity index (χ3v) is 5.58. The van der Waals surface area contributed by atoms with Crippen molar-refractivity contribution >= 4 is 5.91 Å². The first-order valence-corrected chi connectivity index (χ1v) is 8.88. The van der Waals surface area contributed by atoms with Gasteiger partial charge in [0.1, 0.15) is 0 Å². The Morgan fingerprint density at radius 1 is 1.10 bits per heavy atom. The molecule has 3 fully saturated rings. The third kappa shape index (κ3) is 3.59. The number of rotatable bonds is 4. The highest BCUT2D eigenvalue weighted by molar-refractivity contribution is 5.82. The Hall–Kier alpha value is -0.610. The van der Waals surface area contributed by atoms with E-state index in [4.69, 9.17) is 4.74 Å². The molecule has 3 rings (SSSR count). The molecule has 2 atom stereocenters. The fourth-order valence-electron chi connectivity index (χ4n) is 4.26. The van der Waals surface area contributed by atoms with Gasteiger partial charge in [0.2, 0.25) is 5.91 Å². The van der Waals surface area contributed by atoms with Crippen LogP contribution in [-0.2, 0) is 9.53 Å². The first-order valence-electron chi connectivity index (χ1n) is 8.88. The van der Waals surface area contributed by atoms with Gasteiger partial charge in [0.05, 0.1) is 12.1 Å². The van der Waals surface area contributed by atoms with Crippen molar-refractivity contribution in [3.05, 3.63) is 0 Å². The molecule has 0 aromatic rings. The average molecular weight is 294 g/mol. The quantitative estimate of drug-likeness (QED) is 0.798. The van der Waals surface area contributed by atoms with Crippen LogP contribution in [-0.4, -0.2) is 60.6 Å². The molecule has 0 bridgehead atoms. The SMILES string of the molecule is CN(C(=O)[C@H]1CCCN1CC1CCCO1)C1CCCCC1. The van der Waals surface area contributed by atoms with Gasteiger partial charge in [-0.05, 0) is 45.1 Å².